The summed E-state index contributed by atoms with van der Waals surface area (Å²) in [5.41, 5.74) is -0.378. The molecule has 1 aliphatic carbocycles. The van der Waals surface area contributed by atoms with E-state index in [9.17, 15) is 22.4 Å². The third kappa shape index (κ3) is 4.16. The zero-order valence-electron chi connectivity index (χ0n) is 13.6. The van der Waals surface area contributed by atoms with E-state index in [1.165, 1.54) is 0 Å². The first-order valence-electron chi connectivity index (χ1n) is 8.17. The van der Waals surface area contributed by atoms with Crippen molar-refractivity contribution >= 4 is 21.8 Å². The van der Waals surface area contributed by atoms with Gasteiger partial charge in [-0.05, 0) is 43.9 Å². The maximum Gasteiger partial charge on any atom is 0.254 e. The Labute approximate surface area is 145 Å². The molecule has 0 bridgehead atoms. The Morgan fingerprint density at radius 2 is 1.96 bits per heavy atom. The van der Waals surface area contributed by atoms with E-state index >= 15 is 0 Å². The average molecular weight is 369 g/mol. The zero-order valence-corrected chi connectivity index (χ0v) is 14.4. The first-order valence-corrected chi connectivity index (χ1v) is 9.72. The van der Waals surface area contributed by atoms with Crippen molar-refractivity contribution in [1.29, 1.82) is 0 Å². The standard InChI is InChI=1S/C16H20FN3O4S/c17-14-6-5-12(25(18,23)24)8-13(14)15(21)19-11-2-1-7-20(9-11)16(22)10-3-4-10/h5-6,8,10-11H,1-4,7,9H2,(H,19,21)(H2,18,23,24). The van der Waals surface area contributed by atoms with Gasteiger partial charge in [0.15, 0.2) is 0 Å². The molecule has 1 heterocycles. The number of rotatable bonds is 4. The lowest BCUT2D eigenvalue weighted by atomic mass is 10.0. The number of piperidine rings is 1. The van der Waals surface area contributed by atoms with E-state index in [1.807, 2.05) is 0 Å². The molecule has 25 heavy (non-hydrogen) atoms. The molecule has 0 radical (unpaired) electrons. The van der Waals surface area contributed by atoms with Crippen LogP contribution in [0, 0.1) is 11.7 Å². The van der Waals surface area contributed by atoms with Gasteiger partial charge in [0.2, 0.25) is 15.9 Å². The van der Waals surface area contributed by atoms with Crippen LogP contribution in [0.25, 0.3) is 0 Å². The number of primary sulfonamides is 1. The number of hydrogen-bond acceptors (Lipinski definition) is 4. The molecule has 1 saturated heterocycles. The minimum atomic E-state index is -4.03. The van der Waals surface area contributed by atoms with Gasteiger partial charge < -0.3 is 10.2 Å². The Morgan fingerprint density at radius 1 is 1.24 bits per heavy atom. The highest BCUT2D eigenvalue weighted by molar-refractivity contribution is 7.89. The van der Waals surface area contributed by atoms with Crippen LogP contribution >= 0.6 is 0 Å². The molecule has 3 rings (SSSR count). The number of likely N-dealkylation sites (tertiary alicyclic amines) is 1. The summed E-state index contributed by atoms with van der Waals surface area (Å²) in [6.45, 7) is 1.05. The molecule has 0 aromatic heterocycles. The molecular weight excluding hydrogens is 349 g/mol. The van der Waals surface area contributed by atoms with E-state index in [0.717, 1.165) is 37.5 Å². The summed E-state index contributed by atoms with van der Waals surface area (Å²) in [5.74, 6) is -1.32. The van der Waals surface area contributed by atoms with Crippen LogP contribution in [0.5, 0.6) is 0 Å². The number of nitrogens with one attached hydrogen (secondary N) is 1. The molecule has 1 atom stereocenters. The Bertz CT molecular complexity index is 808. The summed E-state index contributed by atoms with van der Waals surface area (Å²) < 4.78 is 36.7. The zero-order chi connectivity index (χ0) is 18.2. The van der Waals surface area contributed by atoms with Gasteiger partial charge in [0.25, 0.3) is 5.91 Å². The van der Waals surface area contributed by atoms with Crippen LogP contribution in [0.3, 0.4) is 0 Å². The van der Waals surface area contributed by atoms with E-state index in [2.05, 4.69) is 5.32 Å². The molecule has 7 nitrogen and oxygen atoms in total. The Hall–Kier alpha value is -2.00. The van der Waals surface area contributed by atoms with Crippen LogP contribution in [-0.4, -0.2) is 44.3 Å². The van der Waals surface area contributed by atoms with Crippen molar-refractivity contribution in [2.24, 2.45) is 11.1 Å². The first kappa shape index (κ1) is 17.8. The van der Waals surface area contributed by atoms with Crippen molar-refractivity contribution in [3.8, 4) is 0 Å². The van der Waals surface area contributed by atoms with Gasteiger partial charge in [0.05, 0.1) is 10.5 Å². The van der Waals surface area contributed by atoms with Gasteiger partial charge in [-0.3, -0.25) is 9.59 Å². The van der Waals surface area contributed by atoms with Crippen molar-refractivity contribution in [1.82, 2.24) is 10.2 Å². The molecule has 1 unspecified atom stereocenters. The van der Waals surface area contributed by atoms with Crippen molar-refractivity contribution in [2.75, 3.05) is 13.1 Å². The van der Waals surface area contributed by atoms with E-state index < -0.39 is 21.7 Å². The summed E-state index contributed by atoms with van der Waals surface area (Å²) in [5, 5.41) is 7.71. The average Bonchev–Trinajstić information content (AvgIpc) is 3.38. The van der Waals surface area contributed by atoms with Crippen LogP contribution in [0.1, 0.15) is 36.0 Å². The number of nitrogens with zero attached hydrogens (tertiary/aromatic N) is 1. The lowest BCUT2D eigenvalue weighted by molar-refractivity contribution is -0.133. The quantitative estimate of drug-likeness (QED) is 0.810. The van der Waals surface area contributed by atoms with Crippen LogP contribution in [0.15, 0.2) is 23.1 Å². The number of benzene rings is 1. The second-order valence-electron chi connectivity index (χ2n) is 6.56. The highest BCUT2D eigenvalue weighted by Crippen LogP contribution is 2.32. The number of carbonyl (C=O) groups is 2. The third-order valence-electron chi connectivity index (χ3n) is 4.51. The van der Waals surface area contributed by atoms with Crippen molar-refractivity contribution in [3.05, 3.63) is 29.6 Å². The molecule has 2 fully saturated rings. The normalized spacial score (nSPS) is 21.0. The minimum Gasteiger partial charge on any atom is -0.347 e. The Morgan fingerprint density at radius 3 is 2.60 bits per heavy atom. The molecule has 1 aromatic carbocycles. The van der Waals surface area contributed by atoms with Gasteiger partial charge in [0.1, 0.15) is 5.82 Å². The number of sulfonamides is 1. The molecule has 1 saturated carbocycles. The van der Waals surface area contributed by atoms with Crippen molar-refractivity contribution in [3.63, 3.8) is 0 Å². The minimum absolute atomic E-state index is 0.110. The van der Waals surface area contributed by atoms with Crippen molar-refractivity contribution < 1.29 is 22.4 Å². The summed E-state index contributed by atoms with van der Waals surface area (Å²) in [7, 11) is -4.03. The number of nitrogens with two attached hydrogens (primary N) is 1. The first-order chi connectivity index (χ1) is 11.8. The lowest BCUT2D eigenvalue weighted by Gasteiger charge is -2.33. The fraction of sp³-hybridized carbons (Fsp3) is 0.500. The van der Waals surface area contributed by atoms with Gasteiger partial charge >= 0.3 is 0 Å². The van der Waals surface area contributed by atoms with Gasteiger partial charge in [-0.2, -0.15) is 0 Å². The van der Waals surface area contributed by atoms with Crippen molar-refractivity contribution in [2.45, 2.75) is 36.6 Å². The summed E-state index contributed by atoms with van der Waals surface area (Å²) in [6.07, 6.45) is 3.26. The van der Waals surface area contributed by atoms with Gasteiger partial charge in [-0.1, -0.05) is 0 Å². The van der Waals surface area contributed by atoms with Gasteiger partial charge in [-0.15, -0.1) is 0 Å². The number of halogens is 1. The van der Waals surface area contributed by atoms with E-state index in [1.54, 1.807) is 4.90 Å². The maximum atomic E-state index is 13.9. The highest BCUT2D eigenvalue weighted by atomic mass is 32.2. The molecular formula is C16H20FN3O4S. The molecule has 2 aliphatic rings. The lowest BCUT2D eigenvalue weighted by Crippen LogP contribution is -2.50. The number of carbonyl (C=O) groups excluding carboxylic acids is 2. The monoisotopic (exact) mass is 369 g/mol. The molecule has 136 valence electrons. The Kier molecular flexibility index (Phi) is 4.79. The van der Waals surface area contributed by atoms with Crippen LogP contribution in [-0.2, 0) is 14.8 Å². The summed E-state index contributed by atoms with van der Waals surface area (Å²) >= 11 is 0. The predicted octanol–water partition coefficient (Wildman–Crippen LogP) is 0.604. The largest absolute Gasteiger partial charge is 0.347 e. The van der Waals surface area contributed by atoms with E-state index in [0.29, 0.717) is 19.5 Å². The second kappa shape index (κ2) is 6.72. The SMILES string of the molecule is NS(=O)(=O)c1ccc(F)c(C(=O)NC2CCCN(C(=O)C3CC3)C2)c1. The summed E-state index contributed by atoms with van der Waals surface area (Å²) in [4.78, 5) is 25.9. The van der Waals surface area contributed by atoms with E-state index in [4.69, 9.17) is 5.14 Å². The number of amides is 2. The predicted molar refractivity (Wildman–Crippen MR) is 87.6 cm³/mol. The molecule has 3 N–H and O–H groups in total. The second-order valence-corrected chi connectivity index (χ2v) is 8.12. The number of hydrogen-bond donors (Lipinski definition) is 2. The van der Waals surface area contributed by atoms with Gasteiger partial charge in [0, 0.05) is 25.0 Å². The molecule has 9 heteroatoms. The maximum absolute atomic E-state index is 13.9. The molecule has 0 spiro atoms. The van der Waals surface area contributed by atoms with Crippen LogP contribution < -0.4 is 10.5 Å². The molecule has 1 aromatic rings. The summed E-state index contributed by atoms with van der Waals surface area (Å²) in [6, 6.07) is 2.55. The fourth-order valence-corrected chi connectivity index (χ4v) is 3.54. The smallest absolute Gasteiger partial charge is 0.254 e. The van der Waals surface area contributed by atoms with Gasteiger partial charge in [-0.25, -0.2) is 17.9 Å². The van der Waals surface area contributed by atoms with Crippen LogP contribution in [0.4, 0.5) is 4.39 Å². The fourth-order valence-electron chi connectivity index (χ4n) is 3.00. The Balaban J connectivity index is 1.70. The highest BCUT2D eigenvalue weighted by Gasteiger charge is 2.35. The van der Waals surface area contributed by atoms with E-state index in [-0.39, 0.29) is 28.3 Å². The molecule has 1 aliphatic heterocycles. The van der Waals surface area contributed by atoms with Crippen LogP contribution in [0.2, 0.25) is 0 Å². The third-order valence-corrected chi connectivity index (χ3v) is 5.42. The molecule has 2 amide bonds. The topological polar surface area (TPSA) is 110 Å².